The van der Waals surface area contributed by atoms with Crippen molar-refractivity contribution < 1.29 is 9.59 Å². The number of nitrogens with zero attached hydrogens (tertiary/aromatic N) is 2. The molecular weight excluding hydrogens is 322 g/mol. The van der Waals surface area contributed by atoms with Gasteiger partial charge in [-0.3, -0.25) is 14.3 Å². The lowest BCUT2D eigenvalue weighted by Crippen LogP contribution is -2.20. The van der Waals surface area contributed by atoms with Crippen LogP contribution in [0.3, 0.4) is 0 Å². The summed E-state index contributed by atoms with van der Waals surface area (Å²) in [5.74, 6) is -0.185. The Hall–Kier alpha value is -1.95. The summed E-state index contributed by atoms with van der Waals surface area (Å²) in [5.41, 5.74) is 2.59. The van der Waals surface area contributed by atoms with Crippen LogP contribution in [-0.4, -0.2) is 22.0 Å². The molecule has 0 bridgehead atoms. The zero-order valence-corrected chi connectivity index (χ0v) is 12.8. The van der Waals surface area contributed by atoms with E-state index < -0.39 is 0 Å². The number of hydrogen-bond acceptors (Lipinski definition) is 3. The average molecular weight is 336 g/mol. The van der Waals surface area contributed by atoms with Crippen LogP contribution in [0.1, 0.15) is 21.7 Å². The van der Waals surface area contributed by atoms with Gasteiger partial charge in [0.2, 0.25) is 5.91 Å². The van der Waals surface area contributed by atoms with Crippen molar-refractivity contribution >= 4 is 33.8 Å². The molecule has 2 aromatic rings. The molecule has 0 unspecified atom stereocenters. The first-order valence-electron chi connectivity index (χ1n) is 6.06. The summed E-state index contributed by atoms with van der Waals surface area (Å²) in [6, 6.07) is 7.31. The molecule has 1 amide bonds. The Morgan fingerprint density at radius 2 is 2.00 bits per heavy atom. The molecule has 0 spiro atoms. The van der Waals surface area contributed by atoms with Crippen LogP contribution in [0.4, 0.5) is 5.69 Å². The van der Waals surface area contributed by atoms with Crippen LogP contribution in [0.5, 0.6) is 0 Å². The minimum Gasteiger partial charge on any atom is -0.324 e. The van der Waals surface area contributed by atoms with Crippen molar-refractivity contribution in [2.75, 3.05) is 5.32 Å². The van der Waals surface area contributed by atoms with E-state index in [1.807, 2.05) is 12.1 Å². The number of carbonyl (C=O) groups excluding carboxylic acids is 2. The van der Waals surface area contributed by atoms with Gasteiger partial charge in [0.25, 0.3) is 0 Å². The van der Waals surface area contributed by atoms with Crippen LogP contribution < -0.4 is 5.32 Å². The number of nitrogens with one attached hydrogen (secondary N) is 1. The standard InChI is InChI=1S/C14H14BrN3O2/c1-9-13(8-19)10(2)18(17-9)7-14(20)16-12-5-3-11(15)4-6-12/h3-6,8H,7H2,1-2H3,(H,16,20). The quantitative estimate of drug-likeness (QED) is 0.873. The predicted molar refractivity (Wildman–Crippen MR) is 79.9 cm³/mol. The third kappa shape index (κ3) is 3.14. The topological polar surface area (TPSA) is 64.0 Å². The molecule has 1 aromatic carbocycles. The van der Waals surface area contributed by atoms with Gasteiger partial charge in [-0.1, -0.05) is 15.9 Å². The van der Waals surface area contributed by atoms with E-state index in [4.69, 9.17) is 0 Å². The molecule has 1 N–H and O–H groups in total. The van der Waals surface area contributed by atoms with Crippen LogP contribution in [0, 0.1) is 13.8 Å². The van der Waals surface area contributed by atoms with Gasteiger partial charge in [-0.2, -0.15) is 5.10 Å². The van der Waals surface area contributed by atoms with Crippen LogP contribution in [-0.2, 0) is 11.3 Å². The third-order valence-electron chi connectivity index (χ3n) is 2.98. The smallest absolute Gasteiger partial charge is 0.246 e. The highest BCUT2D eigenvalue weighted by Gasteiger charge is 2.13. The summed E-state index contributed by atoms with van der Waals surface area (Å²) in [5, 5.41) is 6.98. The van der Waals surface area contributed by atoms with E-state index in [0.29, 0.717) is 17.0 Å². The van der Waals surface area contributed by atoms with Gasteiger partial charge in [-0.05, 0) is 38.1 Å². The molecule has 5 nitrogen and oxygen atoms in total. The van der Waals surface area contributed by atoms with Gasteiger partial charge < -0.3 is 5.32 Å². The number of benzene rings is 1. The number of aldehydes is 1. The summed E-state index contributed by atoms with van der Waals surface area (Å²) >= 11 is 3.33. The Morgan fingerprint density at radius 1 is 1.35 bits per heavy atom. The largest absolute Gasteiger partial charge is 0.324 e. The van der Waals surface area contributed by atoms with Crippen molar-refractivity contribution in [1.82, 2.24) is 9.78 Å². The van der Waals surface area contributed by atoms with Gasteiger partial charge >= 0.3 is 0 Å². The Balaban J connectivity index is 2.08. The van der Waals surface area contributed by atoms with Crippen molar-refractivity contribution in [3.8, 4) is 0 Å². The number of anilines is 1. The molecule has 0 radical (unpaired) electrons. The van der Waals surface area contributed by atoms with Crippen LogP contribution in [0.15, 0.2) is 28.7 Å². The molecule has 6 heteroatoms. The highest BCUT2D eigenvalue weighted by atomic mass is 79.9. The van der Waals surface area contributed by atoms with E-state index >= 15 is 0 Å². The molecule has 20 heavy (non-hydrogen) atoms. The maximum absolute atomic E-state index is 12.0. The van der Waals surface area contributed by atoms with Crippen LogP contribution in [0.25, 0.3) is 0 Å². The van der Waals surface area contributed by atoms with E-state index in [2.05, 4.69) is 26.3 Å². The number of amides is 1. The molecule has 0 fully saturated rings. The van der Waals surface area contributed by atoms with Gasteiger partial charge in [-0.15, -0.1) is 0 Å². The van der Waals surface area contributed by atoms with E-state index in [0.717, 1.165) is 16.4 Å². The molecule has 0 aliphatic rings. The number of hydrogen-bond donors (Lipinski definition) is 1. The van der Waals surface area contributed by atoms with E-state index in [1.165, 1.54) is 4.68 Å². The fourth-order valence-electron chi connectivity index (χ4n) is 1.91. The second-order valence-corrected chi connectivity index (χ2v) is 5.33. The summed E-state index contributed by atoms with van der Waals surface area (Å²) in [4.78, 5) is 22.9. The number of halogens is 1. The molecule has 2 rings (SSSR count). The lowest BCUT2D eigenvalue weighted by molar-refractivity contribution is -0.116. The SMILES string of the molecule is Cc1nn(CC(=O)Nc2ccc(Br)cc2)c(C)c1C=O. The molecule has 1 heterocycles. The minimum atomic E-state index is -0.185. The van der Waals surface area contributed by atoms with Gasteiger partial charge in [0.05, 0.1) is 11.3 Å². The van der Waals surface area contributed by atoms with E-state index in [-0.39, 0.29) is 12.5 Å². The highest BCUT2D eigenvalue weighted by molar-refractivity contribution is 9.10. The maximum Gasteiger partial charge on any atom is 0.246 e. The summed E-state index contributed by atoms with van der Waals surface area (Å²) in [6.07, 6.45) is 0.765. The summed E-state index contributed by atoms with van der Waals surface area (Å²) in [6.45, 7) is 3.60. The molecule has 0 saturated carbocycles. The first kappa shape index (κ1) is 14.5. The van der Waals surface area contributed by atoms with Gasteiger partial charge in [-0.25, -0.2) is 0 Å². The maximum atomic E-state index is 12.0. The molecule has 1 aromatic heterocycles. The summed E-state index contributed by atoms with van der Waals surface area (Å²) in [7, 11) is 0. The van der Waals surface area contributed by atoms with E-state index in [1.54, 1.807) is 26.0 Å². The monoisotopic (exact) mass is 335 g/mol. The van der Waals surface area contributed by atoms with Crippen LogP contribution in [0.2, 0.25) is 0 Å². The first-order chi connectivity index (χ1) is 9.51. The number of carbonyl (C=O) groups is 2. The molecule has 0 aliphatic carbocycles. The van der Waals surface area contributed by atoms with Gasteiger partial charge in [0.15, 0.2) is 6.29 Å². The number of aryl methyl sites for hydroxylation is 1. The van der Waals surface area contributed by atoms with Crippen molar-refractivity contribution in [3.63, 3.8) is 0 Å². The van der Waals surface area contributed by atoms with Crippen LogP contribution >= 0.6 is 15.9 Å². The lowest BCUT2D eigenvalue weighted by Gasteiger charge is -2.07. The Labute approximate surface area is 125 Å². The van der Waals surface area contributed by atoms with Crippen molar-refractivity contribution in [2.45, 2.75) is 20.4 Å². The second kappa shape index (κ2) is 6.00. The number of aromatic nitrogens is 2. The Kier molecular flexibility index (Phi) is 4.34. The molecule has 0 aliphatic heterocycles. The molecule has 104 valence electrons. The normalized spacial score (nSPS) is 10.3. The Bertz CT molecular complexity index is 647. The zero-order chi connectivity index (χ0) is 14.7. The predicted octanol–water partition coefficient (Wildman–Crippen LogP) is 2.71. The molecule has 0 atom stereocenters. The van der Waals surface area contributed by atoms with Gasteiger partial charge in [0.1, 0.15) is 6.54 Å². The van der Waals surface area contributed by atoms with Crippen molar-refractivity contribution in [2.24, 2.45) is 0 Å². The lowest BCUT2D eigenvalue weighted by atomic mass is 10.2. The average Bonchev–Trinajstić information content (AvgIpc) is 2.67. The fourth-order valence-corrected chi connectivity index (χ4v) is 2.17. The molecule has 0 saturated heterocycles. The Morgan fingerprint density at radius 3 is 2.55 bits per heavy atom. The van der Waals surface area contributed by atoms with E-state index in [9.17, 15) is 9.59 Å². The second-order valence-electron chi connectivity index (χ2n) is 4.42. The highest BCUT2D eigenvalue weighted by Crippen LogP contribution is 2.14. The first-order valence-corrected chi connectivity index (χ1v) is 6.85. The molecular formula is C14H14BrN3O2. The zero-order valence-electron chi connectivity index (χ0n) is 11.2. The minimum absolute atomic E-state index is 0.0799. The van der Waals surface area contributed by atoms with Crippen molar-refractivity contribution in [1.29, 1.82) is 0 Å². The third-order valence-corrected chi connectivity index (χ3v) is 3.51. The fraction of sp³-hybridized carbons (Fsp3) is 0.214. The summed E-state index contributed by atoms with van der Waals surface area (Å²) < 4.78 is 2.48. The number of rotatable bonds is 4. The van der Waals surface area contributed by atoms with Gasteiger partial charge in [0, 0.05) is 15.9 Å². The van der Waals surface area contributed by atoms with Crippen molar-refractivity contribution in [3.05, 3.63) is 45.7 Å².